The summed E-state index contributed by atoms with van der Waals surface area (Å²) < 4.78 is 0.960. The van der Waals surface area contributed by atoms with Crippen molar-refractivity contribution in [3.05, 3.63) is 22.3 Å². The minimum Gasteiger partial charge on any atom is -0.395 e. The Morgan fingerprint density at radius 3 is 2.31 bits per heavy atom. The van der Waals surface area contributed by atoms with Crippen molar-refractivity contribution in [3.8, 4) is 0 Å². The molecule has 0 spiro atoms. The molecule has 0 aromatic heterocycles. The molecule has 2 nitrogen and oxygen atoms in total. The molecule has 0 unspecified atom stereocenters. The quantitative estimate of drug-likeness (QED) is 0.731. The number of halogens is 1. The van der Waals surface area contributed by atoms with E-state index in [1.807, 2.05) is 0 Å². The van der Waals surface area contributed by atoms with Crippen molar-refractivity contribution in [2.24, 2.45) is 0 Å². The predicted octanol–water partition coefficient (Wildman–Crippen LogP) is 3.01. The molecule has 0 aliphatic carbocycles. The highest BCUT2D eigenvalue weighted by molar-refractivity contribution is 9.11. The van der Waals surface area contributed by atoms with Crippen molar-refractivity contribution in [2.45, 2.75) is 26.6 Å². The summed E-state index contributed by atoms with van der Waals surface area (Å²) in [5.74, 6) is 0. The lowest BCUT2D eigenvalue weighted by molar-refractivity contribution is 0.217. The van der Waals surface area contributed by atoms with Crippen molar-refractivity contribution in [2.75, 3.05) is 26.2 Å². The van der Waals surface area contributed by atoms with E-state index in [1.54, 1.807) is 0 Å². The molecule has 0 amide bonds. The Balaban J connectivity index is 4.38. The molecule has 0 saturated carbocycles. The van der Waals surface area contributed by atoms with Gasteiger partial charge in [-0.1, -0.05) is 53.4 Å². The second-order valence-corrected chi connectivity index (χ2v) is 11.5. The Morgan fingerprint density at radius 1 is 1.38 bits per heavy atom. The van der Waals surface area contributed by atoms with Crippen LogP contribution in [0.3, 0.4) is 0 Å². The maximum Gasteiger partial charge on any atom is 0.0686 e. The van der Waals surface area contributed by atoms with E-state index in [4.69, 9.17) is 5.11 Å². The van der Waals surface area contributed by atoms with Gasteiger partial charge in [0.1, 0.15) is 0 Å². The van der Waals surface area contributed by atoms with Crippen molar-refractivity contribution in [1.82, 2.24) is 4.90 Å². The summed E-state index contributed by atoms with van der Waals surface area (Å²) in [7, 11) is -1.14. The third-order valence-electron chi connectivity index (χ3n) is 1.96. The molecule has 0 heterocycles. The molecule has 0 radical (unpaired) electrons. The first kappa shape index (κ1) is 16.1. The standard InChI is InChI=1S/C12H24BrNOSi/c1-11(10-16(3,4)5)8-14(6-7-15)9-12(2)13/h10,15H,2,6-9H2,1,3-5H3/b11-10+. The van der Waals surface area contributed by atoms with Gasteiger partial charge in [-0.3, -0.25) is 4.90 Å². The van der Waals surface area contributed by atoms with Crippen LogP contribution in [0.2, 0.25) is 19.6 Å². The van der Waals surface area contributed by atoms with Gasteiger partial charge in [0.25, 0.3) is 0 Å². The van der Waals surface area contributed by atoms with E-state index >= 15 is 0 Å². The van der Waals surface area contributed by atoms with Crippen molar-refractivity contribution in [3.63, 3.8) is 0 Å². The molecule has 94 valence electrons. The number of nitrogens with zero attached hydrogens (tertiary/aromatic N) is 1. The van der Waals surface area contributed by atoms with Crippen LogP contribution in [0.5, 0.6) is 0 Å². The van der Waals surface area contributed by atoms with E-state index in [0.29, 0.717) is 6.54 Å². The van der Waals surface area contributed by atoms with E-state index in [2.05, 4.69) is 59.7 Å². The van der Waals surface area contributed by atoms with Crippen molar-refractivity contribution >= 4 is 24.0 Å². The fourth-order valence-corrected chi connectivity index (χ4v) is 3.66. The predicted molar refractivity (Wildman–Crippen MR) is 78.7 cm³/mol. The van der Waals surface area contributed by atoms with E-state index in [9.17, 15) is 0 Å². The average Bonchev–Trinajstić information content (AvgIpc) is 1.98. The van der Waals surface area contributed by atoms with Crippen LogP contribution in [0, 0.1) is 0 Å². The first-order chi connectivity index (χ1) is 7.24. The molecule has 0 saturated heterocycles. The number of hydrogen-bond acceptors (Lipinski definition) is 2. The highest BCUT2D eigenvalue weighted by Crippen LogP contribution is 2.10. The zero-order valence-corrected chi connectivity index (χ0v) is 13.5. The van der Waals surface area contributed by atoms with Gasteiger partial charge in [0.2, 0.25) is 0 Å². The Morgan fingerprint density at radius 2 is 1.94 bits per heavy atom. The summed E-state index contributed by atoms with van der Waals surface area (Å²) in [6.07, 6.45) is 0. The summed E-state index contributed by atoms with van der Waals surface area (Å²) in [4.78, 5) is 2.20. The highest BCUT2D eigenvalue weighted by atomic mass is 79.9. The van der Waals surface area contributed by atoms with Gasteiger partial charge in [-0.05, 0) is 6.92 Å². The lowest BCUT2D eigenvalue weighted by atomic mass is 10.3. The molecule has 0 aliphatic heterocycles. The maximum absolute atomic E-state index is 9.00. The topological polar surface area (TPSA) is 23.5 Å². The van der Waals surface area contributed by atoms with Crippen LogP contribution in [0.4, 0.5) is 0 Å². The molecule has 16 heavy (non-hydrogen) atoms. The number of rotatable bonds is 7. The third-order valence-corrected chi connectivity index (χ3v) is 3.57. The zero-order valence-electron chi connectivity index (χ0n) is 10.9. The average molecular weight is 306 g/mol. The van der Waals surface area contributed by atoms with Gasteiger partial charge in [-0.2, -0.15) is 0 Å². The van der Waals surface area contributed by atoms with Crippen LogP contribution in [-0.4, -0.2) is 44.3 Å². The summed E-state index contributed by atoms with van der Waals surface area (Å²) in [5, 5.41) is 9.00. The molecule has 0 aliphatic rings. The van der Waals surface area contributed by atoms with E-state index in [-0.39, 0.29) is 6.61 Å². The second-order valence-electron chi connectivity index (χ2n) is 5.31. The molecule has 0 rings (SSSR count). The number of aliphatic hydroxyl groups is 1. The smallest absolute Gasteiger partial charge is 0.0686 e. The van der Waals surface area contributed by atoms with Crippen LogP contribution in [-0.2, 0) is 0 Å². The SMILES string of the molecule is C=C(Br)CN(CCO)C/C(C)=C/[Si](C)(C)C. The Labute approximate surface area is 109 Å². The van der Waals surface area contributed by atoms with E-state index in [1.165, 1.54) is 5.57 Å². The van der Waals surface area contributed by atoms with Gasteiger partial charge in [0.05, 0.1) is 14.7 Å². The molecule has 4 heteroatoms. The van der Waals surface area contributed by atoms with Gasteiger partial charge in [0.15, 0.2) is 0 Å². The van der Waals surface area contributed by atoms with Crippen molar-refractivity contribution in [1.29, 1.82) is 0 Å². The minimum atomic E-state index is -1.14. The van der Waals surface area contributed by atoms with Crippen LogP contribution in [0.25, 0.3) is 0 Å². The monoisotopic (exact) mass is 305 g/mol. The minimum absolute atomic E-state index is 0.195. The van der Waals surface area contributed by atoms with Gasteiger partial charge in [-0.25, -0.2) is 0 Å². The maximum atomic E-state index is 9.00. The molecule has 0 aromatic rings. The molecule has 0 bridgehead atoms. The molecule has 0 fully saturated rings. The van der Waals surface area contributed by atoms with Gasteiger partial charge >= 0.3 is 0 Å². The molecule has 1 N–H and O–H groups in total. The molecule has 0 atom stereocenters. The van der Waals surface area contributed by atoms with Gasteiger partial charge in [0, 0.05) is 24.1 Å². The third kappa shape index (κ3) is 9.33. The molecule has 0 aromatic carbocycles. The van der Waals surface area contributed by atoms with Crippen LogP contribution < -0.4 is 0 Å². The Kier molecular flexibility index (Phi) is 7.47. The molecular formula is C12H24BrNOSi. The summed E-state index contributed by atoms with van der Waals surface area (Å²) in [6.45, 7) is 15.6. The van der Waals surface area contributed by atoms with Crippen LogP contribution in [0.15, 0.2) is 22.3 Å². The summed E-state index contributed by atoms with van der Waals surface area (Å²) in [6, 6.07) is 0. The largest absolute Gasteiger partial charge is 0.395 e. The fourth-order valence-electron chi connectivity index (χ4n) is 1.74. The first-order valence-electron chi connectivity index (χ1n) is 5.59. The zero-order chi connectivity index (χ0) is 12.8. The Bertz CT molecular complexity index is 258. The van der Waals surface area contributed by atoms with Crippen molar-refractivity contribution < 1.29 is 5.11 Å². The van der Waals surface area contributed by atoms with Gasteiger partial charge in [-0.15, -0.1) is 0 Å². The van der Waals surface area contributed by atoms with Gasteiger partial charge < -0.3 is 5.11 Å². The number of hydrogen-bond donors (Lipinski definition) is 1. The fraction of sp³-hybridized carbons (Fsp3) is 0.667. The Hall–Kier alpha value is 0.0969. The molecular weight excluding hydrogens is 282 g/mol. The van der Waals surface area contributed by atoms with Crippen LogP contribution in [0.1, 0.15) is 6.92 Å². The summed E-state index contributed by atoms with van der Waals surface area (Å²) >= 11 is 3.37. The normalized spacial score (nSPS) is 13.3. The summed E-state index contributed by atoms with van der Waals surface area (Å²) in [5.41, 5.74) is 3.80. The second kappa shape index (κ2) is 7.43. The van der Waals surface area contributed by atoms with E-state index in [0.717, 1.165) is 17.6 Å². The lowest BCUT2D eigenvalue weighted by Gasteiger charge is -2.22. The lowest BCUT2D eigenvalue weighted by Crippen LogP contribution is -2.30. The van der Waals surface area contributed by atoms with Crippen LogP contribution >= 0.6 is 15.9 Å². The number of aliphatic hydroxyl groups excluding tert-OH is 1. The highest BCUT2D eigenvalue weighted by Gasteiger charge is 2.11. The first-order valence-corrected chi connectivity index (χ1v) is 9.96. The van der Waals surface area contributed by atoms with E-state index < -0.39 is 8.07 Å².